The van der Waals surface area contributed by atoms with Crippen molar-refractivity contribution in [3.8, 4) is 11.1 Å². The summed E-state index contributed by atoms with van der Waals surface area (Å²) in [5.74, 6) is 0.621. The van der Waals surface area contributed by atoms with Crippen LogP contribution in [0.5, 0.6) is 0 Å². The van der Waals surface area contributed by atoms with Gasteiger partial charge in [-0.05, 0) is 34.9 Å². The van der Waals surface area contributed by atoms with Crippen molar-refractivity contribution < 1.29 is 0 Å². The predicted molar refractivity (Wildman–Crippen MR) is 198 cm³/mol. The van der Waals surface area contributed by atoms with E-state index < -0.39 is 0 Å². The predicted octanol–water partition coefficient (Wildman–Crippen LogP) is 11.5. The third-order valence-electron chi connectivity index (χ3n) is 9.85. The van der Waals surface area contributed by atoms with E-state index in [1.165, 1.54) is 59.0 Å². The van der Waals surface area contributed by atoms with Gasteiger partial charge < -0.3 is 9.98 Å². The van der Waals surface area contributed by atoms with E-state index in [-0.39, 0.29) is 17.8 Å². The Labute approximate surface area is 272 Å². The van der Waals surface area contributed by atoms with E-state index >= 15 is 0 Å². The van der Waals surface area contributed by atoms with Crippen LogP contribution >= 0.6 is 11.3 Å². The quantitative estimate of drug-likeness (QED) is 0.202. The fraction of sp³-hybridized carbons (Fsp3) is 0.0930. The summed E-state index contributed by atoms with van der Waals surface area (Å²) in [4.78, 5) is 0. The highest BCUT2D eigenvalue weighted by atomic mass is 32.1. The average molecular weight is 609 g/mol. The fourth-order valence-electron chi connectivity index (χ4n) is 7.63. The van der Waals surface area contributed by atoms with E-state index in [9.17, 15) is 0 Å². The van der Waals surface area contributed by atoms with Crippen LogP contribution in [0, 0.1) is 17.2 Å². The van der Waals surface area contributed by atoms with Crippen LogP contribution < -0.4 is 0 Å². The Bertz CT molecular complexity index is 2350. The fourth-order valence-corrected chi connectivity index (χ4v) is 8.86. The standard InChI is InChI=1S/C43H32N2S/c44-39-19-8-6-15-34(39)31(28-11-2-1-3-12-28)25-26-45-40-27-30(33-17-10-18-38-36-16-7-9-20-41(36)46-43(33)38)22-23-35(40)37-24-21-29-13-4-5-14-32(29)42(37)45/h1-27,29,31-32,34,44H/b26-25+,44-39?. The molecule has 0 aliphatic heterocycles. The van der Waals surface area contributed by atoms with Gasteiger partial charge in [0.25, 0.3) is 0 Å². The van der Waals surface area contributed by atoms with Gasteiger partial charge in [0, 0.05) is 72.4 Å². The Morgan fingerprint density at radius 2 is 1.54 bits per heavy atom. The molecule has 6 aromatic rings. The Morgan fingerprint density at radius 1 is 0.717 bits per heavy atom. The molecule has 0 saturated heterocycles. The summed E-state index contributed by atoms with van der Waals surface area (Å²) in [6.45, 7) is 0. The molecule has 220 valence electrons. The number of hydrogen-bond donors (Lipinski definition) is 1. The van der Waals surface area contributed by atoms with E-state index in [1.807, 2.05) is 23.5 Å². The lowest BCUT2D eigenvalue weighted by atomic mass is 9.80. The Morgan fingerprint density at radius 3 is 2.46 bits per heavy atom. The maximum Gasteiger partial charge on any atom is 0.0537 e. The molecule has 1 N–H and O–H groups in total. The largest absolute Gasteiger partial charge is 0.319 e. The van der Waals surface area contributed by atoms with E-state index in [0.29, 0.717) is 11.6 Å². The van der Waals surface area contributed by atoms with Gasteiger partial charge in [-0.15, -0.1) is 11.3 Å². The first-order chi connectivity index (χ1) is 22.7. The highest BCUT2D eigenvalue weighted by molar-refractivity contribution is 7.26. The van der Waals surface area contributed by atoms with Gasteiger partial charge in [0.05, 0.1) is 5.52 Å². The molecule has 0 spiro atoms. The summed E-state index contributed by atoms with van der Waals surface area (Å²) in [7, 11) is 0. The number of rotatable bonds is 5. The number of nitrogens with zero attached hydrogens (tertiary/aromatic N) is 1. The molecule has 0 amide bonds. The van der Waals surface area contributed by atoms with E-state index in [0.717, 1.165) is 0 Å². The third kappa shape index (κ3) is 4.34. The SMILES string of the molecule is N=C1C=CC=CC1C(/C=C/n1c2c(c3ccc(-c4cccc5c4sc4ccccc45)cc31)C=CC1C=CC=CC21)c1ccccc1. The molecule has 0 fully saturated rings. The Kier molecular flexibility index (Phi) is 6.46. The van der Waals surface area contributed by atoms with Crippen molar-refractivity contribution in [3.05, 3.63) is 169 Å². The third-order valence-corrected chi connectivity index (χ3v) is 11.1. The molecule has 2 aromatic heterocycles. The van der Waals surface area contributed by atoms with Gasteiger partial charge >= 0.3 is 0 Å². The molecule has 2 nitrogen and oxygen atoms in total. The smallest absolute Gasteiger partial charge is 0.0537 e. The van der Waals surface area contributed by atoms with Crippen LogP contribution in [0.15, 0.2) is 152 Å². The van der Waals surface area contributed by atoms with Crippen LogP contribution in [0.2, 0.25) is 0 Å². The number of allylic oxidation sites excluding steroid dienone is 10. The normalized spacial score (nSPS) is 20.7. The first-order valence-corrected chi connectivity index (χ1v) is 16.8. The zero-order valence-electron chi connectivity index (χ0n) is 25.3. The second kappa shape index (κ2) is 11.0. The topological polar surface area (TPSA) is 28.8 Å². The maximum absolute atomic E-state index is 8.81. The van der Waals surface area contributed by atoms with Crippen molar-refractivity contribution in [1.82, 2.24) is 4.57 Å². The van der Waals surface area contributed by atoms with Crippen LogP contribution in [0.1, 0.15) is 28.7 Å². The van der Waals surface area contributed by atoms with Crippen molar-refractivity contribution in [2.75, 3.05) is 0 Å². The summed E-state index contributed by atoms with van der Waals surface area (Å²) >= 11 is 1.88. The number of benzene rings is 4. The van der Waals surface area contributed by atoms with E-state index in [4.69, 9.17) is 5.41 Å². The maximum atomic E-state index is 8.81. The minimum absolute atomic E-state index is 0.0208. The minimum Gasteiger partial charge on any atom is -0.319 e. The van der Waals surface area contributed by atoms with Gasteiger partial charge in [-0.1, -0.05) is 140 Å². The molecule has 9 rings (SSSR count). The molecule has 3 aliphatic rings. The van der Waals surface area contributed by atoms with Crippen LogP contribution in [-0.4, -0.2) is 10.3 Å². The van der Waals surface area contributed by atoms with Gasteiger partial charge in [0.15, 0.2) is 0 Å². The first-order valence-electron chi connectivity index (χ1n) is 16.0. The number of nitrogens with one attached hydrogen (secondary N) is 1. The van der Waals surface area contributed by atoms with Crippen LogP contribution in [-0.2, 0) is 0 Å². The molecular formula is C43H32N2S. The summed E-state index contributed by atoms with van der Waals surface area (Å²) in [5, 5.41) is 12.7. The van der Waals surface area contributed by atoms with Gasteiger partial charge in [0.1, 0.15) is 0 Å². The summed E-state index contributed by atoms with van der Waals surface area (Å²) in [6.07, 6.45) is 26.5. The van der Waals surface area contributed by atoms with Crippen LogP contribution in [0.25, 0.3) is 54.5 Å². The number of fused-ring (bicyclic) bond motifs is 8. The Hall–Kier alpha value is -5.25. The molecule has 0 radical (unpaired) electrons. The summed E-state index contributed by atoms with van der Waals surface area (Å²) in [6, 6.07) is 33.1. The lowest BCUT2D eigenvalue weighted by Gasteiger charge is -2.27. The zero-order chi connectivity index (χ0) is 30.6. The first kappa shape index (κ1) is 27.1. The summed E-state index contributed by atoms with van der Waals surface area (Å²) < 4.78 is 5.11. The van der Waals surface area contributed by atoms with E-state index in [1.54, 1.807) is 0 Å². The molecule has 4 atom stereocenters. The van der Waals surface area contributed by atoms with Gasteiger partial charge in [-0.25, -0.2) is 0 Å². The molecule has 4 unspecified atom stereocenters. The molecule has 2 heterocycles. The molecule has 3 heteroatoms. The highest BCUT2D eigenvalue weighted by Gasteiger charge is 2.30. The molecule has 46 heavy (non-hydrogen) atoms. The molecule has 0 bridgehead atoms. The molecule has 4 aromatic carbocycles. The van der Waals surface area contributed by atoms with Gasteiger partial charge in [0.2, 0.25) is 0 Å². The number of aromatic nitrogens is 1. The highest BCUT2D eigenvalue weighted by Crippen LogP contribution is 2.45. The minimum atomic E-state index is -0.0208. The van der Waals surface area contributed by atoms with Crippen molar-refractivity contribution in [3.63, 3.8) is 0 Å². The van der Waals surface area contributed by atoms with Crippen LogP contribution in [0.4, 0.5) is 0 Å². The molecule has 0 saturated carbocycles. The van der Waals surface area contributed by atoms with Crippen molar-refractivity contribution >= 4 is 60.4 Å². The average Bonchev–Trinajstić information content (AvgIpc) is 3.65. The number of thiophene rings is 1. The summed E-state index contributed by atoms with van der Waals surface area (Å²) in [5.41, 5.74) is 8.21. The zero-order valence-corrected chi connectivity index (χ0v) is 26.1. The lowest BCUT2D eigenvalue weighted by Crippen LogP contribution is -2.19. The van der Waals surface area contributed by atoms with Crippen LogP contribution in [0.3, 0.4) is 0 Å². The molecular weight excluding hydrogens is 577 g/mol. The second-order valence-corrected chi connectivity index (χ2v) is 13.5. The van der Waals surface area contributed by atoms with E-state index in [2.05, 4.69) is 156 Å². The lowest BCUT2D eigenvalue weighted by molar-refractivity contribution is 0.665. The van der Waals surface area contributed by atoms with Gasteiger partial charge in [-0.3, -0.25) is 0 Å². The number of hydrogen-bond acceptors (Lipinski definition) is 2. The Balaban J connectivity index is 1.25. The monoisotopic (exact) mass is 608 g/mol. The van der Waals surface area contributed by atoms with Crippen molar-refractivity contribution in [1.29, 1.82) is 5.41 Å². The van der Waals surface area contributed by atoms with Crippen molar-refractivity contribution in [2.45, 2.75) is 11.8 Å². The molecule has 3 aliphatic carbocycles. The van der Waals surface area contributed by atoms with Crippen molar-refractivity contribution in [2.24, 2.45) is 11.8 Å². The van der Waals surface area contributed by atoms with Gasteiger partial charge in [-0.2, -0.15) is 0 Å². The second-order valence-electron chi connectivity index (χ2n) is 12.4.